The van der Waals surface area contributed by atoms with Crippen LogP contribution in [0.2, 0.25) is 0 Å². The van der Waals surface area contributed by atoms with Crippen LogP contribution in [0.1, 0.15) is 6.42 Å². The van der Waals surface area contributed by atoms with Crippen molar-refractivity contribution in [2.24, 2.45) is 4.99 Å². The zero-order valence-electron chi connectivity index (χ0n) is 11.9. The van der Waals surface area contributed by atoms with Gasteiger partial charge in [-0.2, -0.15) is 0 Å². The molecule has 0 spiro atoms. The predicted molar refractivity (Wildman–Crippen MR) is 76.9 cm³/mol. The second-order valence-corrected chi connectivity index (χ2v) is 6.29. The Balaban J connectivity index is 0.00000161. The molecule has 0 aromatic heterocycles. The monoisotopic (exact) mass is 294 g/mol. The van der Waals surface area contributed by atoms with Crippen LogP contribution in [0.25, 0.3) is 0 Å². The molecule has 0 saturated heterocycles. The van der Waals surface area contributed by atoms with Crippen molar-refractivity contribution in [3.63, 3.8) is 0 Å². The molecular formula is C15H13LiNO3S+. The van der Waals surface area contributed by atoms with Crippen LogP contribution in [0.5, 0.6) is 0 Å². The number of benzene rings is 1. The van der Waals surface area contributed by atoms with E-state index >= 15 is 0 Å². The van der Waals surface area contributed by atoms with Crippen molar-refractivity contribution in [1.29, 1.82) is 0 Å². The largest absolute Gasteiger partial charge is 1.00 e. The van der Waals surface area contributed by atoms with Gasteiger partial charge in [-0.05, 0) is 24.6 Å². The summed E-state index contributed by atoms with van der Waals surface area (Å²) in [6.07, 6.45) is 6.31. The van der Waals surface area contributed by atoms with E-state index in [0.29, 0.717) is 17.7 Å². The van der Waals surface area contributed by atoms with Gasteiger partial charge in [-0.3, -0.25) is 0 Å². The second kappa shape index (κ2) is 6.06. The van der Waals surface area contributed by atoms with Gasteiger partial charge in [0, 0.05) is 5.57 Å². The predicted octanol–water partition coefficient (Wildman–Crippen LogP) is -0.379. The average Bonchev–Trinajstić information content (AvgIpc) is 2.87. The average molecular weight is 294 g/mol. The molecular weight excluding hydrogens is 281 g/mol. The molecule has 1 aromatic rings. The van der Waals surface area contributed by atoms with Crippen LogP contribution < -0.4 is 18.9 Å². The van der Waals surface area contributed by atoms with Crippen molar-refractivity contribution in [3.05, 3.63) is 64.9 Å². The Hall–Kier alpha value is -1.54. The van der Waals surface area contributed by atoms with E-state index in [1.807, 2.05) is 18.2 Å². The molecule has 0 N–H and O–H groups in total. The molecule has 0 unspecified atom stereocenters. The zero-order valence-corrected chi connectivity index (χ0v) is 12.7. The molecule has 1 aliphatic heterocycles. The number of hydrogen-bond acceptors (Lipinski definition) is 4. The molecule has 6 heteroatoms. The van der Waals surface area contributed by atoms with Crippen molar-refractivity contribution in [2.75, 3.05) is 7.11 Å². The third-order valence-corrected chi connectivity index (χ3v) is 5.01. The molecule has 1 heterocycles. The first kappa shape index (κ1) is 15.8. The maximum atomic E-state index is 12.8. The summed E-state index contributed by atoms with van der Waals surface area (Å²) in [5, 5.41) is 0. The van der Waals surface area contributed by atoms with Crippen LogP contribution in [-0.4, -0.2) is 21.2 Å². The molecule has 21 heavy (non-hydrogen) atoms. The summed E-state index contributed by atoms with van der Waals surface area (Å²) in [5.74, 6) is 0.154. The second-order valence-electron chi connectivity index (χ2n) is 4.41. The third kappa shape index (κ3) is 2.65. The molecule has 0 radical (unpaired) electrons. The molecule has 2 aliphatic rings. The van der Waals surface area contributed by atoms with Gasteiger partial charge in [-0.15, -0.1) is 0 Å². The third-order valence-electron chi connectivity index (χ3n) is 3.19. The minimum Gasteiger partial charge on any atom is -0.480 e. The summed E-state index contributed by atoms with van der Waals surface area (Å²) in [6, 6.07) is 8.33. The van der Waals surface area contributed by atoms with Gasteiger partial charge in [0.15, 0.2) is 0 Å². The summed E-state index contributed by atoms with van der Waals surface area (Å²) in [4.78, 5) is 4.65. The first-order chi connectivity index (χ1) is 9.64. The van der Waals surface area contributed by atoms with Gasteiger partial charge >= 0.3 is 18.9 Å². The Morgan fingerprint density at radius 3 is 2.57 bits per heavy atom. The Morgan fingerprint density at radius 2 is 1.90 bits per heavy atom. The standard InChI is InChI=1S/C15H13NO3S.Li/c1-19-15-14(12-9-5-6-10-13(12)16-15)20(17,18)11-7-3-2-4-8-11;/h2-4,6-10H,5H2,1H3;/q;+1. The van der Waals surface area contributed by atoms with E-state index in [1.54, 1.807) is 30.3 Å². The molecule has 0 bridgehead atoms. The molecule has 1 aliphatic carbocycles. The summed E-state index contributed by atoms with van der Waals surface area (Å²) in [6.45, 7) is 0. The van der Waals surface area contributed by atoms with Gasteiger partial charge in [-0.1, -0.05) is 30.4 Å². The van der Waals surface area contributed by atoms with Gasteiger partial charge in [0.25, 0.3) is 0 Å². The maximum Gasteiger partial charge on any atom is 1.00 e. The minimum absolute atomic E-state index is 0. The van der Waals surface area contributed by atoms with Crippen molar-refractivity contribution in [1.82, 2.24) is 0 Å². The number of aliphatic imine (C=N–C) groups is 1. The van der Waals surface area contributed by atoms with Crippen molar-refractivity contribution < 1.29 is 32.0 Å². The Labute approximate surface area is 136 Å². The van der Waals surface area contributed by atoms with E-state index < -0.39 is 9.84 Å². The van der Waals surface area contributed by atoms with E-state index in [9.17, 15) is 8.42 Å². The molecule has 0 amide bonds. The van der Waals surface area contributed by atoms with E-state index in [2.05, 4.69) is 4.99 Å². The van der Waals surface area contributed by atoms with Gasteiger partial charge in [0.2, 0.25) is 15.7 Å². The van der Waals surface area contributed by atoms with Gasteiger partial charge in [0.1, 0.15) is 4.91 Å². The van der Waals surface area contributed by atoms with Crippen molar-refractivity contribution in [3.8, 4) is 0 Å². The SMILES string of the molecule is COC1=C(S(=O)(=O)c2ccccc2)C2=CCC=CC2=N1.[Li+]. The van der Waals surface area contributed by atoms with Crippen LogP contribution in [0.3, 0.4) is 0 Å². The van der Waals surface area contributed by atoms with E-state index in [1.165, 1.54) is 7.11 Å². The molecule has 3 rings (SSSR count). The fraction of sp³-hybridized carbons (Fsp3) is 0.133. The summed E-state index contributed by atoms with van der Waals surface area (Å²) >= 11 is 0. The number of ether oxygens (including phenoxy) is 1. The van der Waals surface area contributed by atoms with E-state index in [4.69, 9.17) is 4.74 Å². The topological polar surface area (TPSA) is 55.7 Å². The number of fused-ring (bicyclic) bond motifs is 1. The van der Waals surface area contributed by atoms with E-state index in [-0.39, 0.29) is 34.5 Å². The minimum atomic E-state index is -3.63. The molecule has 0 saturated carbocycles. The fourth-order valence-corrected chi connectivity index (χ4v) is 3.84. The number of methoxy groups -OCH3 is 1. The van der Waals surface area contributed by atoms with Crippen LogP contribution >= 0.6 is 0 Å². The molecule has 0 atom stereocenters. The van der Waals surface area contributed by atoms with Crippen LogP contribution in [0.4, 0.5) is 0 Å². The Morgan fingerprint density at radius 1 is 1.19 bits per heavy atom. The van der Waals surface area contributed by atoms with Gasteiger partial charge < -0.3 is 4.74 Å². The van der Waals surface area contributed by atoms with Crippen LogP contribution in [0.15, 0.2) is 74.8 Å². The normalized spacial score (nSPS) is 16.8. The number of sulfone groups is 1. The zero-order chi connectivity index (χ0) is 14.2. The van der Waals surface area contributed by atoms with Gasteiger partial charge in [-0.25, -0.2) is 13.4 Å². The Kier molecular flexibility index (Phi) is 4.57. The smallest absolute Gasteiger partial charge is 0.480 e. The molecule has 1 aromatic carbocycles. The van der Waals surface area contributed by atoms with Gasteiger partial charge in [0.05, 0.1) is 17.7 Å². The first-order valence-corrected chi connectivity index (χ1v) is 7.67. The number of nitrogens with zero attached hydrogens (tertiary/aromatic N) is 1. The fourth-order valence-electron chi connectivity index (χ4n) is 2.26. The van der Waals surface area contributed by atoms with Crippen molar-refractivity contribution in [2.45, 2.75) is 11.3 Å². The summed E-state index contributed by atoms with van der Waals surface area (Å²) in [5.41, 5.74) is 1.27. The number of hydrogen-bond donors (Lipinski definition) is 0. The maximum absolute atomic E-state index is 12.8. The molecule has 102 valence electrons. The van der Waals surface area contributed by atoms with E-state index in [0.717, 1.165) is 0 Å². The molecule has 0 fully saturated rings. The Bertz CT molecular complexity index is 774. The van der Waals surface area contributed by atoms with Crippen molar-refractivity contribution >= 4 is 15.5 Å². The quantitative estimate of drug-likeness (QED) is 0.714. The first-order valence-electron chi connectivity index (χ1n) is 6.19. The summed E-state index contributed by atoms with van der Waals surface area (Å²) in [7, 11) is -2.20. The number of rotatable bonds is 3. The summed E-state index contributed by atoms with van der Waals surface area (Å²) < 4.78 is 30.7. The molecule has 4 nitrogen and oxygen atoms in total. The number of allylic oxidation sites excluding steroid dienone is 4. The van der Waals surface area contributed by atoms with Crippen LogP contribution in [-0.2, 0) is 14.6 Å². The van der Waals surface area contributed by atoms with Crippen LogP contribution in [0, 0.1) is 0 Å².